The average Bonchev–Trinajstić information content (AvgIpc) is 3.13. The molecule has 5 heteroatoms. The van der Waals surface area contributed by atoms with E-state index < -0.39 is 0 Å². The van der Waals surface area contributed by atoms with Crippen LogP contribution in [0, 0.1) is 12.8 Å². The number of nitrogens with zero attached hydrogens (tertiary/aromatic N) is 2. The van der Waals surface area contributed by atoms with Gasteiger partial charge in [-0.15, -0.1) is 11.3 Å². The average molecular weight is 301 g/mol. The van der Waals surface area contributed by atoms with Crippen molar-refractivity contribution in [3.05, 3.63) is 52.0 Å². The van der Waals surface area contributed by atoms with Crippen LogP contribution in [0.1, 0.15) is 26.8 Å². The molecule has 4 nitrogen and oxygen atoms in total. The summed E-state index contributed by atoms with van der Waals surface area (Å²) in [7, 11) is 0. The van der Waals surface area contributed by atoms with Gasteiger partial charge in [-0.25, -0.2) is 4.98 Å². The maximum Gasteiger partial charge on any atom is 0.265 e. The third kappa shape index (κ3) is 2.71. The van der Waals surface area contributed by atoms with E-state index in [-0.39, 0.29) is 5.91 Å². The Morgan fingerprint density at radius 1 is 1.38 bits per heavy atom. The standard InChI is InChI=1S/C16H19N3OS/c1-11-15(21-10-18-11)16(20)19-8-13(7-17)14(9-19)12-5-3-2-4-6-12/h2-6,10,13-14H,7-9,17H2,1H3/t13-,14+/m1/s1. The van der Waals surface area contributed by atoms with E-state index in [0.29, 0.717) is 18.4 Å². The molecular weight excluding hydrogens is 282 g/mol. The lowest BCUT2D eigenvalue weighted by molar-refractivity contribution is 0.0790. The first-order valence-electron chi connectivity index (χ1n) is 7.15. The predicted octanol–water partition coefficient (Wildman–Crippen LogP) is 2.27. The molecule has 2 aromatic rings. The SMILES string of the molecule is Cc1ncsc1C(=O)N1C[C@@H](CN)[C@H](c2ccccc2)C1. The van der Waals surface area contributed by atoms with Gasteiger partial charge in [0.25, 0.3) is 5.91 Å². The summed E-state index contributed by atoms with van der Waals surface area (Å²) >= 11 is 1.42. The molecule has 21 heavy (non-hydrogen) atoms. The van der Waals surface area contributed by atoms with E-state index in [1.807, 2.05) is 30.0 Å². The topological polar surface area (TPSA) is 59.2 Å². The summed E-state index contributed by atoms with van der Waals surface area (Å²) in [6.45, 7) is 3.95. The van der Waals surface area contributed by atoms with Gasteiger partial charge >= 0.3 is 0 Å². The molecule has 0 spiro atoms. The second kappa shape index (κ2) is 5.95. The van der Waals surface area contributed by atoms with Crippen LogP contribution >= 0.6 is 11.3 Å². The van der Waals surface area contributed by atoms with Crippen molar-refractivity contribution >= 4 is 17.2 Å². The van der Waals surface area contributed by atoms with E-state index in [4.69, 9.17) is 5.73 Å². The number of carbonyl (C=O) groups is 1. The molecule has 2 N–H and O–H groups in total. The molecule has 0 bridgehead atoms. The summed E-state index contributed by atoms with van der Waals surface area (Å²) in [6.07, 6.45) is 0. The van der Waals surface area contributed by atoms with Crippen LogP contribution in [-0.2, 0) is 0 Å². The highest BCUT2D eigenvalue weighted by atomic mass is 32.1. The number of nitrogens with two attached hydrogens (primary N) is 1. The first-order valence-corrected chi connectivity index (χ1v) is 8.03. The number of aryl methyl sites for hydroxylation is 1. The number of carbonyl (C=O) groups excluding carboxylic acids is 1. The minimum Gasteiger partial charge on any atom is -0.337 e. The van der Waals surface area contributed by atoms with Crippen LogP contribution in [-0.4, -0.2) is 35.4 Å². The van der Waals surface area contributed by atoms with E-state index in [9.17, 15) is 4.79 Å². The Bertz CT molecular complexity index is 625. The van der Waals surface area contributed by atoms with Gasteiger partial charge in [-0.2, -0.15) is 0 Å². The van der Waals surface area contributed by atoms with Gasteiger partial charge in [-0.1, -0.05) is 30.3 Å². The normalized spacial score (nSPS) is 21.7. The Morgan fingerprint density at radius 2 is 2.14 bits per heavy atom. The van der Waals surface area contributed by atoms with E-state index in [2.05, 4.69) is 17.1 Å². The zero-order valence-corrected chi connectivity index (χ0v) is 12.8. The minimum atomic E-state index is 0.0897. The largest absolute Gasteiger partial charge is 0.337 e. The molecule has 1 aromatic heterocycles. The van der Waals surface area contributed by atoms with E-state index >= 15 is 0 Å². The lowest BCUT2D eigenvalue weighted by Gasteiger charge is -2.16. The molecular formula is C16H19N3OS. The molecule has 1 aromatic carbocycles. The molecule has 110 valence electrons. The smallest absolute Gasteiger partial charge is 0.265 e. The van der Waals surface area contributed by atoms with Crippen LogP contribution in [0.15, 0.2) is 35.8 Å². The summed E-state index contributed by atoms with van der Waals surface area (Å²) in [5.41, 5.74) is 9.74. The quantitative estimate of drug-likeness (QED) is 0.946. The van der Waals surface area contributed by atoms with Crippen LogP contribution in [0.5, 0.6) is 0 Å². The molecule has 3 rings (SSSR count). The van der Waals surface area contributed by atoms with E-state index in [1.54, 1.807) is 5.51 Å². The van der Waals surface area contributed by atoms with Crippen molar-refractivity contribution in [2.24, 2.45) is 11.7 Å². The van der Waals surface area contributed by atoms with E-state index in [0.717, 1.165) is 23.7 Å². The highest BCUT2D eigenvalue weighted by Gasteiger charge is 2.36. The maximum atomic E-state index is 12.6. The Labute approximate surface area is 128 Å². The monoisotopic (exact) mass is 301 g/mol. The number of hydrogen-bond donors (Lipinski definition) is 1. The van der Waals surface area contributed by atoms with Gasteiger partial charge in [0, 0.05) is 19.0 Å². The molecule has 1 aliphatic rings. The zero-order valence-electron chi connectivity index (χ0n) is 12.0. The Hall–Kier alpha value is -1.72. The molecule has 1 amide bonds. The first kappa shape index (κ1) is 14.2. The van der Waals surface area contributed by atoms with Gasteiger partial charge in [0.1, 0.15) is 4.88 Å². The van der Waals surface area contributed by atoms with Crippen LogP contribution in [0.3, 0.4) is 0 Å². The summed E-state index contributed by atoms with van der Waals surface area (Å²) < 4.78 is 0. The maximum absolute atomic E-state index is 12.6. The van der Waals surface area contributed by atoms with Gasteiger partial charge in [0.05, 0.1) is 11.2 Å². The van der Waals surface area contributed by atoms with E-state index in [1.165, 1.54) is 16.9 Å². The summed E-state index contributed by atoms with van der Waals surface area (Å²) in [5, 5.41) is 0. The number of benzene rings is 1. The zero-order chi connectivity index (χ0) is 14.8. The number of aromatic nitrogens is 1. The van der Waals surface area contributed by atoms with Crippen LogP contribution in [0.25, 0.3) is 0 Å². The number of rotatable bonds is 3. The molecule has 2 atom stereocenters. The minimum absolute atomic E-state index is 0.0897. The van der Waals surface area contributed by atoms with Crippen LogP contribution in [0.2, 0.25) is 0 Å². The van der Waals surface area contributed by atoms with Crippen LogP contribution in [0.4, 0.5) is 0 Å². The second-order valence-electron chi connectivity index (χ2n) is 5.49. The second-order valence-corrected chi connectivity index (χ2v) is 6.34. The lowest BCUT2D eigenvalue weighted by atomic mass is 9.89. The third-order valence-corrected chi connectivity index (χ3v) is 5.12. The highest BCUT2D eigenvalue weighted by Crippen LogP contribution is 2.33. The highest BCUT2D eigenvalue weighted by molar-refractivity contribution is 7.11. The first-order chi connectivity index (χ1) is 10.2. The Morgan fingerprint density at radius 3 is 2.76 bits per heavy atom. The van der Waals surface area contributed by atoms with Gasteiger partial charge in [0.2, 0.25) is 0 Å². The summed E-state index contributed by atoms with van der Waals surface area (Å²) in [4.78, 5) is 19.5. The summed E-state index contributed by atoms with van der Waals surface area (Å²) in [6, 6.07) is 10.3. The number of thiazole rings is 1. The van der Waals surface area contributed by atoms with Crippen LogP contribution < -0.4 is 5.73 Å². The Kier molecular flexibility index (Phi) is 4.03. The van der Waals surface area contributed by atoms with Crippen molar-refractivity contribution in [3.8, 4) is 0 Å². The third-order valence-electron chi connectivity index (χ3n) is 4.20. The van der Waals surface area contributed by atoms with Crippen molar-refractivity contribution in [1.82, 2.24) is 9.88 Å². The van der Waals surface area contributed by atoms with Crippen molar-refractivity contribution in [3.63, 3.8) is 0 Å². The fraction of sp³-hybridized carbons (Fsp3) is 0.375. The van der Waals surface area contributed by atoms with Crippen molar-refractivity contribution in [2.45, 2.75) is 12.8 Å². The lowest BCUT2D eigenvalue weighted by Crippen LogP contribution is -2.29. The molecule has 0 saturated carbocycles. The summed E-state index contributed by atoms with van der Waals surface area (Å²) in [5.74, 6) is 0.741. The predicted molar refractivity (Wildman–Crippen MR) is 84.5 cm³/mol. The molecule has 0 radical (unpaired) electrons. The van der Waals surface area contributed by atoms with Gasteiger partial charge in [-0.3, -0.25) is 4.79 Å². The van der Waals surface area contributed by atoms with Crippen molar-refractivity contribution < 1.29 is 4.79 Å². The van der Waals surface area contributed by atoms with Gasteiger partial charge in [-0.05, 0) is 24.9 Å². The van der Waals surface area contributed by atoms with Crippen molar-refractivity contribution in [1.29, 1.82) is 0 Å². The molecule has 1 saturated heterocycles. The molecule has 1 aliphatic heterocycles. The number of hydrogen-bond acceptors (Lipinski definition) is 4. The molecule has 0 unspecified atom stereocenters. The fourth-order valence-electron chi connectivity index (χ4n) is 3.00. The number of likely N-dealkylation sites (tertiary alicyclic amines) is 1. The van der Waals surface area contributed by atoms with Crippen molar-refractivity contribution in [2.75, 3.05) is 19.6 Å². The van der Waals surface area contributed by atoms with Gasteiger partial charge < -0.3 is 10.6 Å². The van der Waals surface area contributed by atoms with Gasteiger partial charge in [0.15, 0.2) is 0 Å². The molecule has 0 aliphatic carbocycles. The molecule has 2 heterocycles. The molecule has 1 fully saturated rings. The Balaban J connectivity index is 1.81. The fourth-order valence-corrected chi connectivity index (χ4v) is 3.77. The number of amides is 1.